The summed E-state index contributed by atoms with van der Waals surface area (Å²) in [5, 5.41) is 1.60. The molecule has 2 aromatic heterocycles. The number of anilines is 1. The zero-order valence-corrected chi connectivity index (χ0v) is 14.0. The second kappa shape index (κ2) is 7.23. The molecule has 3 aromatic rings. The molecule has 0 spiro atoms. The first-order chi connectivity index (χ1) is 11.9. The van der Waals surface area contributed by atoms with Crippen LogP contribution in [0, 0.1) is 0 Å². The Morgan fingerprint density at radius 3 is 2.64 bits per heavy atom. The molecule has 1 amide bonds. The number of fused-ring (bicyclic) bond motifs is 1. The van der Waals surface area contributed by atoms with Crippen LogP contribution in [0.15, 0.2) is 54.9 Å². The molecule has 0 aliphatic rings. The molecule has 0 saturated heterocycles. The normalized spacial score (nSPS) is 11.6. The number of hydrogen-bond donors (Lipinski definition) is 0. The SMILES string of the molecule is O=C(c1cccnc1)N(CCCC(F)(F)F)c1cc2ccccc2s1. The van der Waals surface area contributed by atoms with Gasteiger partial charge in [0.15, 0.2) is 0 Å². The Balaban J connectivity index is 1.89. The molecule has 7 heteroatoms. The summed E-state index contributed by atoms with van der Waals surface area (Å²) in [7, 11) is 0. The fraction of sp³-hybridized carbons (Fsp3) is 0.222. The van der Waals surface area contributed by atoms with Crippen LogP contribution in [-0.2, 0) is 0 Å². The minimum atomic E-state index is -4.23. The van der Waals surface area contributed by atoms with Gasteiger partial charge in [0.2, 0.25) is 0 Å². The number of aromatic nitrogens is 1. The highest BCUT2D eigenvalue weighted by Gasteiger charge is 2.28. The van der Waals surface area contributed by atoms with Crippen LogP contribution in [0.1, 0.15) is 23.2 Å². The Labute approximate surface area is 146 Å². The number of thiophene rings is 1. The predicted molar refractivity (Wildman–Crippen MR) is 93.0 cm³/mol. The second-order valence-electron chi connectivity index (χ2n) is 5.54. The molecule has 0 N–H and O–H groups in total. The summed E-state index contributed by atoms with van der Waals surface area (Å²) in [4.78, 5) is 18.1. The average Bonchev–Trinajstić information content (AvgIpc) is 3.01. The number of carbonyl (C=O) groups is 1. The molecule has 0 atom stereocenters. The van der Waals surface area contributed by atoms with Crippen molar-refractivity contribution in [3.05, 3.63) is 60.4 Å². The molecular weight excluding hydrogens is 349 g/mol. The van der Waals surface area contributed by atoms with Crippen LogP contribution in [0.2, 0.25) is 0 Å². The summed E-state index contributed by atoms with van der Waals surface area (Å²) in [5.41, 5.74) is 0.354. The van der Waals surface area contributed by atoms with Gasteiger partial charge in [0.25, 0.3) is 5.91 Å². The fourth-order valence-corrected chi connectivity index (χ4v) is 3.58. The van der Waals surface area contributed by atoms with Crippen LogP contribution in [0.5, 0.6) is 0 Å². The first-order valence-corrected chi connectivity index (χ1v) is 8.53. The largest absolute Gasteiger partial charge is 0.389 e. The van der Waals surface area contributed by atoms with Crippen molar-refractivity contribution in [2.75, 3.05) is 11.4 Å². The number of carbonyl (C=O) groups excluding carboxylic acids is 1. The van der Waals surface area contributed by atoms with Crippen molar-refractivity contribution in [3.8, 4) is 0 Å². The predicted octanol–water partition coefficient (Wildman–Crippen LogP) is 5.29. The third-order valence-corrected chi connectivity index (χ3v) is 4.81. The van der Waals surface area contributed by atoms with Crippen molar-refractivity contribution < 1.29 is 18.0 Å². The number of amides is 1. The molecule has 130 valence electrons. The second-order valence-corrected chi connectivity index (χ2v) is 6.60. The Morgan fingerprint density at radius 1 is 1.16 bits per heavy atom. The summed E-state index contributed by atoms with van der Waals surface area (Å²) in [6.07, 6.45) is -2.34. The van der Waals surface area contributed by atoms with E-state index in [1.165, 1.54) is 22.4 Å². The van der Waals surface area contributed by atoms with Crippen molar-refractivity contribution >= 4 is 32.3 Å². The number of halogens is 3. The lowest BCUT2D eigenvalue weighted by Gasteiger charge is -2.21. The van der Waals surface area contributed by atoms with Crippen LogP contribution >= 0.6 is 11.3 Å². The Bertz CT molecular complexity index is 828. The molecule has 0 radical (unpaired) electrons. The molecular formula is C18H15F3N2OS. The van der Waals surface area contributed by atoms with E-state index in [9.17, 15) is 18.0 Å². The number of hydrogen-bond acceptors (Lipinski definition) is 3. The molecule has 0 aliphatic carbocycles. The maximum atomic E-state index is 12.8. The quantitative estimate of drug-likeness (QED) is 0.617. The van der Waals surface area contributed by atoms with Crippen molar-refractivity contribution in [3.63, 3.8) is 0 Å². The van der Waals surface area contributed by atoms with E-state index in [0.29, 0.717) is 10.6 Å². The van der Waals surface area contributed by atoms with E-state index >= 15 is 0 Å². The van der Waals surface area contributed by atoms with E-state index in [0.717, 1.165) is 10.1 Å². The minimum Gasteiger partial charge on any atom is -0.300 e. The number of benzene rings is 1. The summed E-state index contributed by atoms with van der Waals surface area (Å²) in [6.45, 7) is 0.0000591. The van der Waals surface area contributed by atoms with Gasteiger partial charge in [-0.3, -0.25) is 14.7 Å². The lowest BCUT2D eigenvalue weighted by atomic mass is 10.2. The van der Waals surface area contributed by atoms with Crippen LogP contribution < -0.4 is 4.90 Å². The van der Waals surface area contributed by atoms with Crippen LogP contribution in [-0.4, -0.2) is 23.6 Å². The highest BCUT2D eigenvalue weighted by atomic mass is 32.1. The van der Waals surface area contributed by atoms with Gasteiger partial charge in [0, 0.05) is 30.1 Å². The maximum Gasteiger partial charge on any atom is 0.389 e. The number of alkyl halides is 3. The molecule has 3 rings (SSSR count). The van der Waals surface area contributed by atoms with E-state index in [1.807, 2.05) is 30.3 Å². The third kappa shape index (κ3) is 4.36. The fourth-order valence-electron chi connectivity index (χ4n) is 2.50. The van der Waals surface area contributed by atoms with Crippen LogP contribution in [0.3, 0.4) is 0 Å². The van der Waals surface area contributed by atoms with Gasteiger partial charge in [-0.05, 0) is 36.1 Å². The van der Waals surface area contributed by atoms with Crippen molar-refractivity contribution in [1.82, 2.24) is 4.98 Å². The first-order valence-electron chi connectivity index (χ1n) is 7.71. The third-order valence-electron chi connectivity index (χ3n) is 3.67. The van der Waals surface area contributed by atoms with Crippen LogP contribution in [0.4, 0.5) is 18.2 Å². The Morgan fingerprint density at radius 2 is 1.96 bits per heavy atom. The van der Waals surface area contributed by atoms with E-state index in [1.54, 1.807) is 18.3 Å². The smallest absolute Gasteiger partial charge is 0.300 e. The molecule has 2 heterocycles. The molecule has 0 saturated carbocycles. The van der Waals surface area contributed by atoms with E-state index in [4.69, 9.17) is 0 Å². The molecule has 0 aliphatic heterocycles. The molecule has 0 fully saturated rings. The van der Waals surface area contributed by atoms with Gasteiger partial charge in [-0.1, -0.05) is 18.2 Å². The summed E-state index contributed by atoms with van der Waals surface area (Å²) in [5.74, 6) is -0.346. The number of pyridine rings is 1. The monoisotopic (exact) mass is 364 g/mol. The highest BCUT2D eigenvalue weighted by Crippen LogP contribution is 2.34. The number of nitrogens with zero attached hydrogens (tertiary/aromatic N) is 2. The highest BCUT2D eigenvalue weighted by molar-refractivity contribution is 7.23. The van der Waals surface area contributed by atoms with Gasteiger partial charge in [0.05, 0.1) is 10.6 Å². The van der Waals surface area contributed by atoms with Crippen LogP contribution in [0.25, 0.3) is 10.1 Å². The molecule has 0 unspecified atom stereocenters. The summed E-state index contributed by atoms with van der Waals surface area (Å²) < 4.78 is 38.5. The van der Waals surface area contributed by atoms with E-state index in [-0.39, 0.29) is 18.9 Å². The van der Waals surface area contributed by atoms with Crippen molar-refractivity contribution in [2.24, 2.45) is 0 Å². The molecule has 25 heavy (non-hydrogen) atoms. The van der Waals surface area contributed by atoms with Gasteiger partial charge in [-0.25, -0.2) is 0 Å². The van der Waals surface area contributed by atoms with Gasteiger partial charge >= 0.3 is 6.18 Å². The van der Waals surface area contributed by atoms with Crippen molar-refractivity contribution in [2.45, 2.75) is 19.0 Å². The van der Waals surface area contributed by atoms with Gasteiger partial charge in [-0.2, -0.15) is 13.2 Å². The van der Waals surface area contributed by atoms with Gasteiger partial charge in [0.1, 0.15) is 0 Å². The Kier molecular flexibility index (Phi) is 5.03. The molecule has 3 nitrogen and oxygen atoms in total. The zero-order valence-electron chi connectivity index (χ0n) is 13.2. The summed E-state index contributed by atoms with van der Waals surface area (Å²) in [6, 6.07) is 12.7. The molecule has 0 bridgehead atoms. The van der Waals surface area contributed by atoms with Gasteiger partial charge < -0.3 is 0 Å². The average molecular weight is 364 g/mol. The van der Waals surface area contributed by atoms with E-state index < -0.39 is 12.6 Å². The topological polar surface area (TPSA) is 33.2 Å². The number of rotatable bonds is 5. The van der Waals surface area contributed by atoms with Crippen molar-refractivity contribution in [1.29, 1.82) is 0 Å². The van der Waals surface area contributed by atoms with E-state index in [2.05, 4.69) is 4.98 Å². The lowest BCUT2D eigenvalue weighted by molar-refractivity contribution is -0.135. The van der Waals surface area contributed by atoms with Gasteiger partial charge in [-0.15, -0.1) is 11.3 Å². The first kappa shape index (κ1) is 17.4. The standard InChI is InChI=1S/C18H15F3N2OS/c19-18(20,21)8-4-10-23(17(24)14-6-3-9-22-12-14)16-11-13-5-1-2-7-15(13)25-16/h1-3,5-7,9,11-12H,4,8,10H2. The molecule has 1 aromatic carbocycles. The Hall–Kier alpha value is -2.41. The minimum absolute atomic E-state index is 0.0000591. The lowest BCUT2D eigenvalue weighted by Crippen LogP contribution is -2.32. The zero-order chi connectivity index (χ0) is 17.9. The summed E-state index contributed by atoms with van der Waals surface area (Å²) >= 11 is 1.39. The maximum absolute atomic E-state index is 12.8.